The van der Waals surface area contributed by atoms with Crippen molar-refractivity contribution in [3.05, 3.63) is 71.8 Å². The Labute approximate surface area is 229 Å². The van der Waals surface area contributed by atoms with Crippen LogP contribution in [-0.2, 0) is 33.5 Å². The molecule has 6 amide bonds. The third kappa shape index (κ3) is 5.19. The highest BCUT2D eigenvalue weighted by Crippen LogP contribution is 2.49. The van der Waals surface area contributed by atoms with Crippen LogP contribution >= 0.6 is 0 Å². The molecule has 0 saturated carbocycles. The van der Waals surface area contributed by atoms with Crippen LogP contribution in [0.5, 0.6) is 0 Å². The summed E-state index contributed by atoms with van der Waals surface area (Å²) in [6.45, 7) is 0.333. The van der Waals surface area contributed by atoms with Crippen LogP contribution < -0.4 is 10.6 Å². The van der Waals surface area contributed by atoms with E-state index < -0.39 is 23.6 Å². The van der Waals surface area contributed by atoms with Crippen LogP contribution in [0.25, 0.3) is 11.1 Å². The molecule has 11 nitrogen and oxygen atoms in total. The van der Waals surface area contributed by atoms with Crippen LogP contribution in [-0.4, -0.2) is 72.0 Å². The van der Waals surface area contributed by atoms with Gasteiger partial charge >= 0.3 is 0 Å². The van der Waals surface area contributed by atoms with Crippen molar-refractivity contribution in [2.75, 3.05) is 37.4 Å². The Morgan fingerprint density at radius 1 is 0.775 bits per heavy atom. The van der Waals surface area contributed by atoms with Crippen molar-refractivity contribution in [2.45, 2.75) is 18.8 Å². The Bertz CT molecular complexity index is 1470. The number of benzene rings is 2. The predicted molar refractivity (Wildman–Crippen MR) is 144 cm³/mol. The van der Waals surface area contributed by atoms with Gasteiger partial charge in [-0.15, -0.1) is 0 Å². The van der Waals surface area contributed by atoms with E-state index in [4.69, 9.17) is 4.74 Å². The number of anilines is 2. The summed E-state index contributed by atoms with van der Waals surface area (Å²) in [5.74, 6) is -2.58. The summed E-state index contributed by atoms with van der Waals surface area (Å²) in [6.07, 6.45) is 4.63. The largest absolute Gasteiger partial charge is 0.384 e. The molecule has 1 unspecified atom stereocenters. The minimum absolute atomic E-state index is 0.0150. The summed E-state index contributed by atoms with van der Waals surface area (Å²) < 4.78 is 5.49. The molecule has 0 saturated heterocycles. The highest BCUT2D eigenvalue weighted by atomic mass is 16.5. The van der Waals surface area contributed by atoms with E-state index in [2.05, 4.69) is 10.6 Å². The molecule has 0 spiro atoms. The Kier molecular flexibility index (Phi) is 7.39. The maximum absolute atomic E-state index is 12.8. The second-order valence-electron chi connectivity index (χ2n) is 9.50. The fourth-order valence-electron chi connectivity index (χ4n) is 5.10. The first kappa shape index (κ1) is 26.7. The maximum atomic E-state index is 12.8. The van der Waals surface area contributed by atoms with Crippen molar-refractivity contribution in [3.63, 3.8) is 0 Å². The molecule has 11 heteroatoms. The number of imide groups is 2. The number of carbonyl (C=O) groups is 6. The molecule has 204 valence electrons. The Morgan fingerprint density at radius 2 is 1.35 bits per heavy atom. The SMILES string of the molecule is COCC1c2cc(NC(=O)CCN3C(=O)C=CC3=O)ccc2-c2c(NC(=O)CCN3C(=O)C=CC3=O)cccc21. The first-order valence-corrected chi connectivity index (χ1v) is 12.7. The molecule has 5 rings (SSSR count). The summed E-state index contributed by atoms with van der Waals surface area (Å²) in [7, 11) is 1.60. The molecular weight excluding hydrogens is 516 g/mol. The van der Waals surface area contributed by atoms with Crippen molar-refractivity contribution < 1.29 is 33.5 Å². The van der Waals surface area contributed by atoms with Gasteiger partial charge < -0.3 is 15.4 Å². The zero-order valence-corrected chi connectivity index (χ0v) is 21.6. The maximum Gasteiger partial charge on any atom is 0.253 e. The van der Waals surface area contributed by atoms with Gasteiger partial charge in [0.05, 0.1) is 6.61 Å². The number of methoxy groups -OCH3 is 1. The molecule has 40 heavy (non-hydrogen) atoms. The van der Waals surface area contributed by atoms with Gasteiger partial charge in [0.2, 0.25) is 11.8 Å². The van der Waals surface area contributed by atoms with Gasteiger partial charge in [0, 0.05) is 80.2 Å². The van der Waals surface area contributed by atoms with Crippen LogP contribution in [0.2, 0.25) is 0 Å². The molecule has 2 aliphatic heterocycles. The van der Waals surface area contributed by atoms with E-state index >= 15 is 0 Å². The number of ether oxygens (including phenoxy) is 1. The average Bonchev–Trinajstić information content (AvgIpc) is 3.54. The molecule has 0 radical (unpaired) electrons. The fraction of sp³-hybridized carbons (Fsp3) is 0.241. The zero-order chi connectivity index (χ0) is 28.4. The number of hydrogen-bond acceptors (Lipinski definition) is 7. The second kappa shape index (κ2) is 11.1. The van der Waals surface area contributed by atoms with Crippen molar-refractivity contribution in [1.82, 2.24) is 9.80 Å². The average molecular weight is 543 g/mol. The topological polar surface area (TPSA) is 142 Å². The standard InChI is InChI=1S/C29H26N4O7/c1-40-16-21-18-3-2-4-22(31-24(35)12-14-33-27(38)9-10-28(33)39)29(18)19-6-5-17(15-20(19)21)30-23(34)11-13-32-25(36)7-8-26(32)37/h2-10,15,21H,11-14,16H2,1H3,(H,30,34)(H,31,35). The quantitative estimate of drug-likeness (QED) is 0.437. The van der Waals surface area contributed by atoms with Gasteiger partial charge in [-0.2, -0.15) is 0 Å². The lowest BCUT2D eigenvalue weighted by Crippen LogP contribution is -2.33. The third-order valence-corrected chi connectivity index (χ3v) is 6.99. The lowest BCUT2D eigenvalue weighted by Gasteiger charge is -2.15. The minimum atomic E-state index is -0.437. The summed E-state index contributed by atoms with van der Waals surface area (Å²) >= 11 is 0. The highest BCUT2D eigenvalue weighted by Gasteiger charge is 2.32. The molecule has 2 aromatic carbocycles. The summed E-state index contributed by atoms with van der Waals surface area (Å²) in [5, 5.41) is 5.74. The van der Waals surface area contributed by atoms with Crippen molar-refractivity contribution in [3.8, 4) is 11.1 Å². The molecule has 0 bridgehead atoms. The zero-order valence-electron chi connectivity index (χ0n) is 21.6. The Hall–Kier alpha value is -4.90. The van der Waals surface area contributed by atoms with Crippen LogP contribution in [0.1, 0.15) is 29.9 Å². The van der Waals surface area contributed by atoms with Crippen molar-refractivity contribution in [1.29, 1.82) is 0 Å². The first-order chi connectivity index (χ1) is 19.3. The number of fused-ring (bicyclic) bond motifs is 3. The molecule has 3 aliphatic rings. The van der Waals surface area contributed by atoms with Gasteiger partial charge in [-0.05, 0) is 34.9 Å². The molecule has 1 atom stereocenters. The Morgan fingerprint density at radius 3 is 1.93 bits per heavy atom. The summed E-state index contributed by atoms with van der Waals surface area (Å²) in [5.41, 5.74) is 4.70. The Balaban J connectivity index is 1.30. The van der Waals surface area contributed by atoms with Gasteiger partial charge in [-0.3, -0.25) is 38.6 Å². The lowest BCUT2D eigenvalue weighted by molar-refractivity contribution is -0.138. The van der Waals surface area contributed by atoms with E-state index in [-0.39, 0.29) is 43.7 Å². The van der Waals surface area contributed by atoms with Crippen molar-refractivity contribution in [2.24, 2.45) is 0 Å². The molecule has 0 aromatic heterocycles. The fourth-order valence-corrected chi connectivity index (χ4v) is 5.10. The molecular formula is C29H26N4O7. The van der Waals surface area contributed by atoms with Gasteiger partial charge in [-0.25, -0.2) is 0 Å². The summed E-state index contributed by atoms with van der Waals surface area (Å²) in [6, 6.07) is 11.0. The van der Waals surface area contributed by atoms with Gasteiger partial charge in [0.25, 0.3) is 23.6 Å². The normalized spacial score (nSPS) is 17.1. The molecule has 1 aliphatic carbocycles. The number of rotatable bonds is 10. The number of nitrogens with one attached hydrogen (secondary N) is 2. The molecule has 2 N–H and O–H groups in total. The first-order valence-electron chi connectivity index (χ1n) is 12.7. The molecule has 2 heterocycles. The van der Waals surface area contributed by atoms with E-state index in [1.807, 2.05) is 24.3 Å². The van der Waals surface area contributed by atoms with Crippen LogP contribution in [0.3, 0.4) is 0 Å². The number of hydrogen-bond donors (Lipinski definition) is 2. The number of carbonyl (C=O) groups excluding carboxylic acids is 6. The second-order valence-corrected chi connectivity index (χ2v) is 9.50. The minimum Gasteiger partial charge on any atom is -0.384 e. The van der Waals surface area contributed by atoms with Gasteiger partial charge in [0.15, 0.2) is 0 Å². The predicted octanol–water partition coefficient (Wildman–Crippen LogP) is 1.95. The smallest absolute Gasteiger partial charge is 0.253 e. The monoisotopic (exact) mass is 542 g/mol. The van der Waals surface area contributed by atoms with E-state index in [0.29, 0.717) is 18.0 Å². The van der Waals surface area contributed by atoms with E-state index in [0.717, 1.165) is 32.1 Å². The number of nitrogens with zero attached hydrogens (tertiary/aromatic N) is 2. The lowest BCUT2D eigenvalue weighted by atomic mass is 9.97. The van der Waals surface area contributed by atoms with E-state index in [9.17, 15) is 28.8 Å². The number of amides is 6. The van der Waals surface area contributed by atoms with E-state index in [1.54, 1.807) is 19.2 Å². The van der Waals surface area contributed by atoms with Gasteiger partial charge in [0.1, 0.15) is 0 Å². The summed E-state index contributed by atoms with van der Waals surface area (Å²) in [4.78, 5) is 74.4. The molecule has 0 fully saturated rings. The van der Waals surface area contributed by atoms with Crippen LogP contribution in [0, 0.1) is 0 Å². The van der Waals surface area contributed by atoms with Crippen molar-refractivity contribution >= 4 is 46.8 Å². The van der Waals surface area contributed by atoms with Crippen LogP contribution in [0.4, 0.5) is 11.4 Å². The van der Waals surface area contributed by atoms with E-state index in [1.165, 1.54) is 24.3 Å². The highest BCUT2D eigenvalue weighted by molar-refractivity contribution is 6.13. The third-order valence-electron chi connectivity index (χ3n) is 6.99. The molecule has 2 aromatic rings. The van der Waals surface area contributed by atoms with Crippen LogP contribution in [0.15, 0.2) is 60.7 Å². The van der Waals surface area contributed by atoms with Gasteiger partial charge in [-0.1, -0.05) is 18.2 Å².